The van der Waals surface area contributed by atoms with E-state index in [4.69, 9.17) is 4.74 Å². The summed E-state index contributed by atoms with van der Waals surface area (Å²) in [6.07, 6.45) is 4.97. The van der Waals surface area contributed by atoms with Crippen molar-refractivity contribution >= 4 is 17.8 Å². The lowest BCUT2D eigenvalue weighted by molar-refractivity contribution is -0.144. The molecule has 4 rings (SSSR count). The van der Waals surface area contributed by atoms with Crippen molar-refractivity contribution in [1.82, 2.24) is 19.6 Å². The highest BCUT2D eigenvalue weighted by Crippen LogP contribution is 2.40. The van der Waals surface area contributed by atoms with Gasteiger partial charge in [-0.05, 0) is 57.1 Å². The molecule has 0 bridgehead atoms. The standard InChI is InChI=1S/C29H44N4O5/c1-4-5-13-31(15-7-12-30(2)3)27(35)20-33-18-23(21-9-10-25-22(17-21)11-16-38-25)28(29(36)37)24(33)19-32-14-6-8-26(32)34/h9-10,17,23-24,28H,4-8,11-16,18-20H2,1-3H3,(H,36,37)/t23-,24+,28-/m1/s1. The van der Waals surface area contributed by atoms with Crippen LogP contribution in [0, 0.1) is 5.92 Å². The van der Waals surface area contributed by atoms with Gasteiger partial charge in [-0.2, -0.15) is 0 Å². The number of benzene rings is 1. The summed E-state index contributed by atoms with van der Waals surface area (Å²) in [5, 5.41) is 10.4. The van der Waals surface area contributed by atoms with Crippen LogP contribution in [-0.4, -0.2) is 115 Å². The van der Waals surface area contributed by atoms with Crippen molar-refractivity contribution < 1.29 is 24.2 Å². The summed E-state index contributed by atoms with van der Waals surface area (Å²) in [4.78, 5) is 46.8. The summed E-state index contributed by atoms with van der Waals surface area (Å²) >= 11 is 0. The predicted octanol–water partition coefficient (Wildman–Crippen LogP) is 2.29. The molecule has 38 heavy (non-hydrogen) atoms. The van der Waals surface area contributed by atoms with Crippen LogP contribution in [0.4, 0.5) is 0 Å². The summed E-state index contributed by atoms with van der Waals surface area (Å²) in [6, 6.07) is 5.59. The van der Waals surface area contributed by atoms with E-state index in [1.54, 1.807) is 4.90 Å². The van der Waals surface area contributed by atoms with Crippen molar-refractivity contribution in [2.45, 2.75) is 57.4 Å². The molecule has 2 fully saturated rings. The molecule has 0 unspecified atom stereocenters. The van der Waals surface area contributed by atoms with Crippen LogP contribution in [0.3, 0.4) is 0 Å². The molecule has 0 aliphatic carbocycles. The fourth-order valence-electron chi connectivity index (χ4n) is 6.18. The molecule has 1 N–H and O–H groups in total. The van der Waals surface area contributed by atoms with Gasteiger partial charge in [0.25, 0.3) is 0 Å². The monoisotopic (exact) mass is 528 g/mol. The molecule has 0 spiro atoms. The number of carboxylic acid groups (broad SMARTS) is 1. The molecule has 0 saturated carbocycles. The second-order valence-electron chi connectivity index (χ2n) is 11.3. The topological polar surface area (TPSA) is 93.6 Å². The fourth-order valence-corrected chi connectivity index (χ4v) is 6.18. The molecule has 0 radical (unpaired) electrons. The zero-order valence-electron chi connectivity index (χ0n) is 23.2. The Morgan fingerprint density at radius 3 is 2.61 bits per heavy atom. The molecular weight excluding hydrogens is 484 g/mol. The van der Waals surface area contributed by atoms with Crippen molar-refractivity contribution in [3.05, 3.63) is 29.3 Å². The maximum Gasteiger partial charge on any atom is 0.308 e. The van der Waals surface area contributed by atoms with Crippen LogP contribution >= 0.6 is 0 Å². The number of nitrogens with zero attached hydrogens (tertiary/aromatic N) is 4. The Hall–Kier alpha value is -2.65. The Bertz CT molecular complexity index is 999. The van der Waals surface area contributed by atoms with Crippen LogP contribution in [0.15, 0.2) is 18.2 Å². The summed E-state index contributed by atoms with van der Waals surface area (Å²) in [6.45, 7) is 6.73. The molecule has 3 aliphatic heterocycles. The number of hydrogen-bond donors (Lipinski definition) is 1. The summed E-state index contributed by atoms with van der Waals surface area (Å²) in [5.74, 6) is -0.837. The first-order valence-corrected chi connectivity index (χ1v) is 14.2. The number of rotatable bonds is 13. The van der Waals surface area contributed by atoms with E-state index in [1.165, 1.54) is 0 Å². The number of carbonyl (C=O) groups is 3. The second kappa shape index (κ2) is 12.9. The van der Waals surface area contributed by atoms with Crippen molar-refractivity contribution in [2.24, 2.45) is 5.92 Å². The predicted molar refractivity (Wildman–Crippen MR) is 145 cm³/mol. The first kappa shape index (κ1) is 28.4. The number of hydrogen-bond acceptors (Lipinski definition) is 6. The average molecular weight is 529 g/mol. The fraction of sp³-hybridized carbons (Fsp3) is 0.690. The Balaban J connectivity index is 1.57. The van der Waals surface area contributed by atoms with Gasteiger partial charge in [-0.15, -0.1) is 0 Å². The van der Waals surface area contributed by atoms with E-state index in [0.29, 0.717) is 45.8 Å². The van der Waals surface area contributed by atoms with Crippen LogP contribution in [0.5, 0.6) is 5.75 Å². The van der Waals surface area contributed by atoms with Crippen LogP contribution in [0.2, 0.25) is 0 Å². The average Bonchev–Trinajstić information content (AvgIpc) is 3.60. The van der Waals surface area contributed by atoms with Crippen LogP contribution in [0.1, 0.15) is 56.1 Å². The number of likely N-dealkylation sites (tertiary alicyclic amines) is 2. The highest BCUT2D eigenvalue weighted by atomic mass is 16.5. The third kappa shape index (κ3) is 6.67. The van der Waals surface area contributed by atoms with Crippen molar-refractivity contribution in [3.8, 4) is 5.75 Å². The second-order valence-corrected chi connectivity index (χ2v) is 11.3. The van der Waals surface area contributed by atoms with E-state index < -0.39 is 17.9 Å². The Morgan fingerprint density at radius 2 is 1.92 bits per heavy atom. The van der Waals surface area contributed by atoms with Gasteiger partial charge in [0, 0.05) is 57.5 Å². The lowest BCUT2D eigenvalue weighted by atomic mass is 9.84. The maximum absolute atomic E-state index is 13.6. The number of aliphatic carboxylic acids is 1. The van der Waals surface area contributed by atoms with E-state index >= 15 is 0 Å². The van der Waals surface area contributed by atoms with Gasteiger partial charge in [-0.3, -0.25) is 19.3 Å². The smallest absolute Gasteiger partial charge is 0.308 e. The molecule has 9 nitrogen and oxygen atoms in total. The van der Waals surface area contributed by atoms with Crippen LogP contribution in [0.25, 0.3) is 0 Å². The third-order valence-corrected chi connectivity index (χ3v) is 8.26. The van der Waals surface area contributed by atoms with Crippen molar-refractivity contribution in [2.75, 3.05) is 66.5 Å². The molecule has 210 valence electrons. The molecule has 3 aliphatic rings. The Morgan fingerprint density at radius 1 is 1.13 bits per heavy atom. The molecule has 0 aromatic heterocycles. The molecular formula is C29H44N4O5. The van der Waals surface area contributed by atoms with Gasteiger partial charge in [0.2, 0.25) is 11.8 Å². The van der Waals surface area contributed by atoms with E-state index in [2.05, 4.69) is 17.9 Å². The molecule has 9 heteroatoms. The quantitative estimate of drug-likeness (QED) is 0.420. The summed E-state index contributed by atoms with van der Waals surface area (Å²) in [5.41, 5.74) is 2.09. The molecule has 3 heterocycles. The number of unbranched alkanes of at least 4 members (excludes halogenated alkanes) is 1. The van der Waals surface area contributed by atoms with Crippen LogP contribution < -0.4 is 4.74 Å². The minimum Gasteiger partial charge on any atom is -0.493 e. The van der Waals surface area contributed by atoms with E-state index in [-0.39, 0.29) is 24.3 Å². The third-order valence-electron chi connectivity index (χ3n) is 8.26. The van der Waals surface area contributed by atoms with Gasteiger partial charge in [-0.25, -0.2) is 0 Å². The number of amides is 2. The molecule has 2 amide bonds. The largest absolute Gasteiger partial charge is 0.493 e. The van der Waals surface area contributed by atoms with Gasteiger partial charge in [0.05, 0.1) is 19.1 Å². The molecule has 1 aromatic carbocycles. The zero-order valence-corrected chi connectivity index (χ0v) is 23.2. The highest BCUT2D eigenvalue weighted by molar-refractivity contribution is 5.80. The lowest BCUT2D eigenvalue weighted by Gasteiger charge is -2.32. The summed E-state index contributed by atoms with van der Waals surface area (Å²) in [7, 11) is 4.06. The first-order valence-electron chi connectivity index (χ1n) is 14.2. The van der Waals surface area contributed by atoms with Crippen molar-refractivity contribution in [1.29, 1.82) is 0 Å². The lowest BCUT2D eigenvalue weighted by Crippen LogP contribution is -2.49. The van der Waals surface area contributed by atoms with Gasteiger partial charge in [-0.1, -0.05) is 25.5 Å². The summed E-state index contributed by atoms with van der Waals surface area (Å²) < 4.78 is 5.67. The van der Waals surface area contributed by atoms with Gasteiger partial charge in [0.1, 0.15) is 5.75 Å². The van der Waals surface area contributed by atoms with Gasteiger partial charge < -0.3 is 24.5 Å². The van der Waals surface area contributed by atoms with E-state index in [0.717, 1.165) is 55.5 Å². The minimum absolute atomic E-state index is 0.0436. The van der Waals surface area contributed by atoms with E-state index in [1.807, 2.05) is 36.0 Å². The van der Waals surface area contributed by atoms with E-state index in [9.17, 15) is 19.5 Å². The number of carboxylic acids is 1. The molecule has 3 atom stereocenters. The minimum atomic E-state index is -0.868. The zero-order chi connectivity index (χ0) is 27.2. The van der Waals surface area contributed by atoms with Crippen molar-refractivity contribution in [3.63, 3.8) is 0 Å². The van der Waals surface area contributed by atoms with Gasteiger partial charge in [0.15, 0.2) is 0 Å². The SMILES string of the molecule is CCCCN(CCCN(C)C)C(=O)CN1C[C@H](c2ccc3c(c2)CCO3)[C@@H](C(=O)O)[C@@H]1CN1CCCC1=O. The Labute approximate surface area is 226 Å². The Kier molecular flexibility index (Phi) is 9.65. The molecule has 1 aromatic rings. The number of carbonyl (C=O) groups excluding carboxylic acids is 2. The maximum atomic E-state index is 13.6. The number of ether oxygens (including phenoxy) is 1. The normalized spacial score (nSPS) is 23.2. The van der Waals surface area contributed by atoms with Crippen LogP contribution in [-0.2, 0) is 20.8 Å². The molecule has 2 saturated heterocycles. The number of fused-ring (bicyclic) bond motifs is 1. The highest BCUT2D eigenvalue weighted by Gasteiger charge is 2.48. The first-order chi connectivity index (χ1) is 18.3. The van der Waals surface area contributed by atoms with Gasteiger partial charge >= 0.3 is 5.97 Å².